The molecule has 1 aliphatic rings. The predicted molar refractivity (Wildman–Crippen MR) is 111 cm³/mol. The average Bonchev–Trinajstić information content (AvgIpc) is 3.02. The number of ether oxygens (including phenoxy) is 1. The number of nitrogens with zero attached hydrogens (tertiary/aromatic N) is 2. The van der Waals surface area contributed by atoms with E-state index >= 15 is 0 Å². The molecule has 1 heterocycles. The average molecular weight is 372 g/mol. The molecule has 0 aliphatic carbocycles. The van der Waals surface area contributed by atoms with E-state index in [1.165, 1.54) is 0 Å². The molecule has 0 aromatic heterocycles. The zero-order valence-electron chi connectivity index (χ0n) is 16.2. The van der Waals surface area contributed by atoms with Crippen LogP contribution in [0.4, 0.5) is 5.69 Å². The normalized spacial score (nSPS) is 15.8. The fraction of sp³-hybridized carbons (Fsp3) is 0.208. The Morgan fingerprint density at radius 2 is 1.61 bits per heavy atom. The SMILES string of the molecule is CCOc1ccccc1CN(C)N1C(=O)[C@H](c2ccccc2)c2ccccc21. The maximum atomic E-state index is 13.5. The summed E-state index contributed by atoms with van der Waals surface area (Å²) >= 11 is 0. The van der Waals surface area contributed by atoms with Crippen molar-refractivity contribution in [3.63, 3.8) is 0 Å². The number of rotatable bonds is 6. The summed E-state index contributed by atoms with van der Waals surface area (Å²) in [5.41, 5.74) is 4.06. The van der Waals surface area contributed by atoms with Gasteiger partial charge in [-0.3, -0.25) is 4.79 Å². The van der Waals surface area contributed by atoms with Gasteiger partial charge in [-0.2, -0.15) is 0 Å². The van der Waals surface area contributed by atoms with Gasteiger partial charge in [0.25, 0.3) is 5.91 Å². The van der Waals surface area contributed by atoms with Crippen LogP contribution in [0.3, 0.4) is 0 Å². The van der Waals surface area contributed by atoms with Gasteiger partial charge in [0.2, 0.25) is 0 Å². The van der Waals surface area contributed by atoms with Crippen molar-refractivity contribution in [3.8, 4) is 5.75 Å². The standard InChI is InChI=1S/C24H24N2O2/c1-3-28-22-16-10-7-13-19(22)17-25(2)26-21-15-9-8-14-20(21)23(24(26)27)18-11-5-4-6-12-18/h4-16,23H,3,17H2,1-2H3/t23-/m1/s1. The lowest BCUT2D eigenvalue weighted by Crippen LogP contribution is -2.42. The highest BCUT2D eigenvalue weighted by Gasteiger charge is 2.40. The van der Waals surface area contributed by atoms with Crippen molar-refractivity contribution in [2.24, 2.45) is 0 Å². The van der Waals surface area contributed by atoms with Crippen molar-refractivity contribution < 1.29 is 9.53 Å². The Morgan fingerprint density at radius 1 is 0.929 bits per heavy atom. The van der Waals surface area contributed by atoms with E-state index in [1.807, 2.05) is 97.8 Å². The minimum atomic E-state index is -0.276. The molecule has 1 amide bonds. The third kappa shape index (κ3) is 3.27. The van der Waals surface area contributed by atoms with Crippen molar-refractivity contribution in [2.45, 2.75) is 19.4 Å². The minimum absolute atomic E-state index is 0.0730. The minimum Gasteiger partial charge on any atom is -0.494 e. The molecule has 4 heteroatoms. The summed E-state index contributed by atoms with van der Waals surface area (Å²) in [5, 5.41) is 3.78. The summed E-state index contributed by atoms with van der Waals surface area (Å²) in [7, 11) is 1.95. The Morgan fingerprint density at radius 3 is 2.39 bits per heavy atom. The summed E-state index contributed by atoms with van der Waals surface area (Å²) in [6, 6.07) is 26.0. The second kappa shape index (κ2) is 7.87. The fourth-order valence-corrected chi connectivity index (χ4v) is 3.87. The van der Waals surface area contributed by atoms with Gasteiger partial charge in [-0.15, -0.1) is 0 Å². The van der Waals surface area contributed by atoms with Gasteiger partial charge in [0, 0.05) is 19.2 Å². The van der Waals surface area contributed by atoms with E-state index in [4.69, 9.17) is 4.74 Å². The highest BCUT2D eigenvalue weighted by Crippen LogP contribution is 2.41. The Labute approximate surface area is 165 Å². The van der Waals surface area contributed by atoms with Gasteiger partial charge in [-0.25, -0.2) is 10.0 Å². The van der Waals surface area contributed by atoms with Crippen molar-refractivity contribution in [1.82, 2.24) is 5.01 Å². The molecule has 0 unspecified atom stereocenters. The van der Waals surface area contributed by atoms with Gasteiger partial charge in [0.05, 0.1) is 18.2 Å². The molecule has 0 saturated heterocycles. The largest absolute Gasteiger partial charge is 0.494 e. The molecule has 0 N–H and O–H groups in total. The number of carbonyl (C=O) groups excluding carboxylic acids is 1. The van der Waals surface area contributed by atoms with Crippen molar-refractivity contribution in [3.05, 3.63) is 95.6 Å². The highest BCUT2D eigenvalue weighted by molar-refractivity contribution is 6.06. The van der Waals surface area contributed by atoms with Crippen LogP contribution in [0, 0.1) is 0 Å². The second-order valence-electron chi connectivity index (χ2n) is 6.91. The summed E-state index contributed by atoms with van der Waals surface area (Å²) in [4.78, 5) is 13.5. The van der Waals surface area contributed by atoms with E-state index in [1.54, 1.807) is 5.01 Å². The first-order valence-corrected chi connectivity index (χ1v) is 9.60. The van der Waals surface area contributed by atoms with Crippen LogP contribution in [0.25, 0.3) is 0 Å². The molecule has 1 aliphatic heterocycles. The number of hydrogen-bond donors (Lipinski definition) is 0. The van der Waals surface area contributed by atoms with E-state index in [9.17, 15) is 4.79 Å². The molecule has 0 saturated carbocycles. The highest BCUT2D eigenvalue weighted by atomic mass is 16.5. The summed E-state index contributed by atoms with van der Waals surface area (Å²) in [6.07, 6.45) is 0. The maximum Gasteiger partial charge on any atom is 0.253 e. The van der Waals surface area contributed by atoms with Crippen molar-refractivity contribution >= 4 is 11.6 Å². The van der Waals surface area contributed by atoms with Crippen LogP contribution in [0.2, 0.25) is 0 Å². The molecule has 4 nitrogen and oxygen atoms in total. The van der Waals surface area contributed by atoms with E-state index in [0.717, 1.165) is 28.1 Å². The van der Waals surface area contributed by atoms with Gasteiger partial charge >= 0.3 is 0 Å². The maximum absolute atomic E-state index is 13.5. The number of benzene rings is 3. The molecule has 3 aromatic carbocycles. The lowest BCUT2D eigenvalue weighted by Gasteiger charge is -2.29. The lowest BCUT2D eigenvalue weighted by atomic mass is 9.93. The molecule has 4 rings (SSSR count). The second-order valence-corrected chi connectivity index (χ2v) is 6.91. The zero-order valence-corrected chi connectivity index (χ0v) is 16.2. The number of carbonyl (C=O) groups is 1. The van der Waals surface area contributed by atoms with E-state index in [0.29, 0.717) is 13.2 Å². The first-order valence-electron chi connectivity index (χ1n) is 9.60. The fourth-order valence-electron chi connectivity index (χ4n) is 3.87. The Hall–Kier alpha value is -3.11. The summed E-state index contributed by atoms with van der Waals surface area (Å²) in [6.45, 7) is 3.17. The Balaban J connectivity index is 1.67. The first kappa shape index (κ1) is 18.3. The third-order valence-electron chi connectivity index (χ3n) is 5.08. The van der Waals surface area contributed by atoms with Crippen LogP contribution in [0.5, 0.6) is 5.75 Å². The number of hydrogen-bond acceptors (Lipinski definition) is 3. The molecule has 0 bridgehead atoms. The molecular weight excluding hydrogens is 348 g/mol. The van der Waals surface area contributed by atoms with Gasteiger partial charge < -0.3 is 4.74 Å². The van der Waals surface area contributed by atoms with Gasteiger partial charge in [-0.05, 0) is 30.2 Å². The molecular formula is C24H24N2O2. The van der Waals surface area contributed by atoms with Crippen molar-refractivity contribution in [2.75, 3.05) is 18.7 Å². The Kier molecular flexibility index (Phi) is 5.13. The predicted octanol–water partition coefficient (Wildman–Crippen LogP) is 4.61. The van der Waals surface area contributed by atoms with E-state index in [2.05, 4.69) is 0 Å². The number of anilines is 1. The van der Waals surface area contributed by atoms with Gasteiger partial charge in [-0.1, -0.05) is 66.7 Å². The van der Waals surface area contributed by atoms with Crippen LogP contribution in [-0.2, 0) is 11.3 Å². The van der Waals surface area contributed by atoms with Crippen LogP contribution in [0.1, 0.15) is 29.5 Å². The van der Waals surface area contributed by atoms with Gasteiger partial charge in [0.1, 0.15) is 5.75 Å². The van der Waals surface area contributed by atoms with Gasteiger partial charge in [0.15, 0.2) is 0 Å². The number of para-hydroxylation sites is 2. The molecule has 0 fully saturated rings. The van der Waals surface area contributed by atoms with Crippen LogP contribution < -0.4 is 9.75 Å². The van der Waals surface area contributed by atoms with Crippen LogP contribution in [-0.4, -0.2) is 24.6 Å². The molecule has 0 spiro atoms. The third-order valence-corrected chi connectivity index (χ3v) is 5.08. The molecule has 28 heavy (non-hydrogen) atoms. The zero-order chi connectivity index (χ0) is 19.5. The van der Waals surface area contributed by atoms with Crippen LogP contribution >= 0.6 is 0 Å². The molecule has 3 aromatic rings. The summed E-state index contributed by atoms with van der Waals surface area (Å²) < 4.78 is 5.76. The first-order chi connectivity index (χ1) is 13.7. The van der Waals surface area contributed by atoms with Crippen LogP contribution in [0.15, 0.2) is 78.9 Å². The number of hydrazine groups is 1. The molecule has 142 valence electrons. The van der Waals surface area contributed by atoms with E-state index < -0.39 is 0 Å². The molecule has 1 atom stereocenters. The quantitative estimate of drug-likeness (QED) is 0.633. The summed E-state index contributed by atoms with van der Waals surface area (Å²) in [5.74, 6) is 0.655. The Bertz CT molecular complexity index is 971. The lowest BCUT2D eigenvalue weighted by molar-refractivity contribution is -0.121. The smallest absolute Gasteiger partial charge is 0.253 e. The topological polar surface area (TPSA) is 32.8 Å². The number of fused-ring (bicyclic) bond motifs is 1. The monoisotopic (exact) mass is 372 g/mol. The molecule has 0 radical (unpaired) electrons. The van der Waals surface area contributed by atoms with Crippen molar-refractivity contribution in [1.29, 1.82) is 0 Å². The van der Waals surface area contributed by atoms with E-state index in [-0.39, 0.29) is 11.8 Å². The number of amides is 1.